The molecule has 78 valence electrons. The second-order valence-corrected chi connectivity index (χ2v) is 5.81. The van der Waals surface area contributed by atoms with E-state index in [-0.39, 0.29) is 22.8 Å². The highest BCUT2D eigenvalue weighted by molar-refractivity contribution is 5.81. The number of carbonyl (C=O) groups excluding carboxylic acids is 1. The highest BCUT2D eigenvalue weighted by Crippen LogP contribution is 2.20. The molecule has 0 heterocycles. The summed E-state index contributed by atoms with van der Waals surface area (Å²) in [7, 11) is 0. The fourth-order valence-electron chi connectivity index (χ4n) is 0.630. The minimum absolute atomic E-state index is 0.120. The van der Waals surface area contributed by atoms with E-state index in [1.165, 1.54) is 0 Å². The summed E-state index contributed by atoms with van der Waals surface area (Å²) in [5.41, 5.74) is -0.166. The fourth-order valence-corrected chi connectivity index (χ4v) is 0.630. The van der Waals surface area contributed by atoms with Crippen LogP contribution < -0.4 is 5.32 Å². The largest absolute Gasteiger partial charge is 0.353 e. The van der Waals surface area contributed by atoms with Crippen molar-refractivity contribution in [3.8, 4) is 0 Å². The molecule has 0 bridgehead atoms. The summed E-state index contributed by atoms with van der Waals surface area (Å²) in [6.45, 7) is 14.2. The molecule has 0 radical (unpaired) electrons. The molecule has 0 aromatic rings. The number of hydrogen-bond acceptors (Lipinski definition) is 1. The third-order valence-corrected chi connectivity index (χ3v) is 2.33. The van der Waals surface area contributed by atoms with E-state index in [0.717, 1.165) is 0 Å². The average molecular weight is 185 g/mol. The van der Waals surface area contributed by atoms with Gasteiger partial charge in [0.2, 0.25) is 5.91 Å². The van der Waals surface area contributed by atoms with E-state index in [9.17, 15) is 4.79 Å². The molecule has 0 aromatic heterocycles. The first-order valence-corrected chi connectivity index (χ1v) is 4.86. The molecule has 0 rings (SSSR count). The van der Waals surface area contributed by atoms with E-state index in [1.54, 1.807) is 0 Å². The van der Waals surface area contributed by atoms with Crippen LogP contribution in [-0.4, -0.2) is 11.9 Å². The van der Waals surface area contributed by atoms with Gasteiger partial charge in [0.25, 0.3) is 0 Å². The maximum Gasteiger partial charge on any atom is 0.225 e. The van der Waals surface area contributed by atoms with E-state index < -0.39 is 0 Å². The Morgan fingerprint density at radius 3 is 1.69 bits per heavy atom. The second kappa shape index (κ2) is 3.69. The number of amides is 1. The molecule has 1 atom stereocenters. The maximum absolute atomic E-state index is 11.6. The summed E-state index contributed by atoms with van der Waals surface area (Å²) >= 11 is 0. The van der Waals surface area contributed by atoms with Gasteiger partial charge >= 0.3 is 0 Å². The lowest BCUT2D eigenvalue weighted by molar-refractivity contribution is -0.129. The molecule has 0 saturated carbocycles. The highest BCUT2D eigenvalue weighted by atomic mass is 16.2. The zero-order valence-electron chi connectivity index (χ0n) is 9.99. The first kappa shape index (κ1) is 12.5. The summed E-state index contributed by atoms with van der Waals surface area (Å²) < 4.78 is 0. The molecule has 0 aromatic carbocycles. The minimum atomic E-state index is -0.292. The molecule has 0 aliphatic rings. The van der Waals surface area contributed by atoms with Crippen LogP contribution in [0.3, 0.4) is 0 Å². The Labute approximate surface area is 82.1 Å². The molecule has 2 nitrogen and oxygen atoms in total. The highest BCUT2D eigenvalue weighted by Gasteiger charge is 2.27. The Hall–Kier alpha value is -0.530. The fraction of sp³-hybridized carbons (Fsp3) is 0.909. The molecule has 0 fully saturated rings. The van der Waals surface area contributed by atoms with Crippen molar-refractivity contribution in [2.24, 2.45) is 10.8 Å². The van der Waals surface area contributed by atoms with E-state index in [2.05, 4.69) is 26.1 Å². The predicted octanol–water partition coefficient (Wildman–Crippen LogP) is 2.58. The van der Waals surface area contributed by atoms with Crippen LogP contribution in [0.5, 0.6) is 0 Å². The van der Waals surface area contributed by atoms with Crippen molar-refractivity contribution in [3.63, 3.8) is 0 Å². The SMILES string of the molecule is CC(NC(=O)C(C)(C)C)C(C)(C)C. The van der Waals surface area contributed by atoms with E-state index in [0.29, 0.717) is 0 Å². The smallest absolute Gasteiger partial charge is 0.225 e. The van der Waals surface area contributed by atoms with Crippen molar-refractivity contribution < 1.29 is 4.79 Å². The first-order valence-electron chi connectivity index (χ1n) is 4.86. The number of carbonyl (C=O) groups is 1. The van der Waals surface area contributed by atoms with E-state index in [4.69, 9.17) is 0 Å². The second-order valence-electron chi connectivity index (χ2n) is 5.81. The standard InChI is InChI=1S/C11H23NO/c1-8(10(2,3)4)12-9(13)11(5,6)7/h8H,1-7H3,(H,12,13). The summed E-state index contributed by atoms with van der Waals surface area (Å²) in [5, 5.41) is 3.02. The molecule has 13 heavy (non-hydrogen) atoms. The normalized spacial score (nSPS) is 15.3. The summed E-state index contributed by atoms with van der Waals surface area (Å²) in [6.07, 6.45) is 0. The molecule has 1 amide bonds. The van der Waals surface area contributed by atoms with Crippen molar-refractivity contribution >= 4 is 5.91 Å². The monoisotopic (exact) mass is 185 g/mol. The van der Waals surface area contributed by atoms with Gasteiger partial charge < -0.3 is 5.32 Å². The summed E-state index contributed by atoms with van der Waals surface area (Å²) in [4.78, 5) is 11.6. The van der Waals surface area contributed by atoms with Gasteiger partial charge in [-0.05, 0) is 12.3 Å². The Balaban J connectivity index is 4.24. The lowest BCUT2D eigenvalue weighted by Gasteiger charge is -2.30. The minimum Gasteiger partial charge on any atom is -0.353 e. The predicted molar refractivity (Wildman–Crippen MR) is 56.5 cm³/mol. The van der Waals surface area contributed by atoms with Gasteiger partial charge in [-0.25, -0.2) is 0 Å². The topological polar surface area (TPSA) is 29.1 Å². The Bertz CT molecular complexity index is 183. The van der Waals surface area contributed by atoms with Gasteiger partial charge in [0.05, 0.1) is 0 Å². The Morgan fingerprint density at radius 2 is 1.46 bits per heavy atom. The van der Waals surface area contributed by atoms with Gasteiger partial charge in [-0.3, -0.25) is 4.79 Å². The molecule has 1 unspecified atom stereocenters. The molecule has 1 N–H and O–H groups in total. The average Bonchev–Trinajstić information content (AvgIpc) is 1.82. The van der Waals surface area contributed by atoms with Crippen molar-refractivity contribution in [1.29, 1.82) is 0 Å². The lowest BCUT2D eigenvalue weighted by atomic mass is 9.86. The third kappa shape index (κ3) is 4.30. The van der Waals surface area contributed by atoms with Gasteiger partial charge in [0.1, 0.15) is 0 Å². The van der Waals surface area contributed by atoms with Crippen LogP contribution in [-0.2, 0) is 4.79 Å². The van der Waals surface area contributed by atoms with Crippen LogP contribution in [0.25, 0.3) is 0 Å². The molecular formula is C11H23NO. The summed E-state index contributed by atoms with van der Waals surface area (Å²) in [5.74, 6) is 0.120. The molecule has 0 aliphatic heterocycles. The van der Waals surface area contributed by atoms with Crippen molar-refractivity contribution in [1.82, 2.24) is 5.32 Å². The van der Waals surface area contributed by atoms with Crippen molar-refractivity contribution in [2.45, 2.75) is 54.5 Å². The quantitative estimate of drug-likeness (QED) is 0.668. The molecule has 0 spiro atoms. The molecule has 2 heteroatoms. The molecule has 0 saturated heterocycles. The van der Waals surface area contributed by atoms with Crippen LogP contribution in [0, 0.1) is 10.8 Å². The zero-order chi connectivity index (χ0) is 10.9. The van der Waals surface area contributed by atoms with Gasteiger partial charge in [0.15, 0.2) is 0 Å². The van der Waals surface area contributed by atoms with Gasteiger partial charge in [-0.1, -0.05) is 41.5 Å². The molecule has 0 aliphatic carbocycles. The van der Waals surface area contributed by atoms with E-state index in [1.807, 2.05) is 27.7 Å². The lowest BCUT2D eigenvalue weighted by Crippen LogP contribution is -2.46. The number of nitrogens with one attached hydrogen (secondary N) is 1. The van der Waals surface area contributed by atoms with Gasteiger partial charge in [0, 0.05) is 11.5 Å². The number of rotatable bonds is 1. The Kier molecular flexibility index (Phi) is 3.54. The van der Waals surface area contributed by atoms with Crippen molar-refractivity contribution in [2.75, 3.05) is 0 Å². The van der Waals surface area contributed by atoms with Crippen LogP contribution in [0.1, 0.15) is 48.5 Å². The van der Waals surface area contributed by atoms with E-state index >= 15 is 0 Å². The Morgan fingerprint density at radius 1 is 1.08 bits per heavy atom. The van der Waals surface area contributed by atoms with Crippen LogP contribution in [0.2, 0.25) is 0 Å². The third-order valence-electron chi connectivity index (χ3n) is 2.33. The zero-order valence-corrected chi connectivity index (χ0v) is 9.99. The van der Waals surface area contributed by atoms with Gasteiger partial charge in [-0.2, -0.15) is 0 Å². The first-order chi connectivity index (χ1) is 5.55. The van der Waals surface area contributed by atoms with Gasteiger partial charge in [-0.15, -0.1) is 0 Å². The van der Waals surface area contributed by atoms with Crippen LogP contribution >= 0.6 is 0 Å². The number of hydrogen-bond donors (Lipinski definition) is 1. The molecular weight excluding hydrogens is 162 g/mol. The summed E-state index contributed by atoms with van der Waals surface area (Å²) in [6, 6.07) is 0.208. The maximum atomic E-state index is 11.6. The van der Waals surface area contributed by atoms with Crippen LogP contribution in [0.4, 0.5) is 0 Å². The van der Waals surface area contributed by atoms with Crippen molar-refractivity contribution in [3.05, 3.63) is 0 Å². The van der Waals surface area contributed by atoms with Crippen LogP contribution in [0.15, 0.2) is 0 Å².